The van der Waals surface area contributed by atoms with Crippen molar-refractivity contribution in [1.82, 2.24) is 19.5 Å². The molecule has 0 spiro atoms. The Morgan fingerprint density at radius 2 is 0.848 bits per heavy atom. The second-order valence-electron chi connectivity index (χ2n) is 17.9. The minimum Gasteiger partial charge on any atom is -0.309 e. The normalized spacial score (nSPS) is 12.7. The SMILES string of the molecule is CC(C)Cc1ccc(-c2ccc3c(c2)c2ccccc2n3-c2ccc(C3(c4ccc(-c5nc(-c6ccccc6)nc(-c6ccccc6)n5)cc4)c4ccccc4-c4ccccc43)cc2)cc1. The Morgan fingerprint density at radius 1 is 0.394 bits per heavy atom. The number of hydrogen-bond donors (Lipinski definition) is 0. The van der Waals surface area contributed by atoms with Gasteiger partial charge in [-0.3, -0.25) is 0 Å². The van der Waals surface area contributed by atoms with Crippen molar-refractivity contribution in [3.63, 3.8) is 0 Å². The van der Waals surface area contributed by atoms with Crippen LogP contribution in [0.25, 0.3) is 83.9 Å². The molecule has 4 nitrogen and oxygen atoms in total. The van der Waals surface area contributed by atoms with Gasteiger partial charge in [-0.25, -0.2) is 15.0 Å². The quantitative estimate of drug-likeness (QED) is 0.145. The van der Waals surface area contributed by atoms with Crippen LogP contribution in [0.1, 0.15) is 41.7 Å². The third-order valence-corrected chi connectivity index (χ3v) is 13.4. The second-order valence-corrected chi connectivity index (χ2v) is 17.9. The summed E-state index contributed by atoms with van der Waals surface area (Å²) in [5.41, 5.74) is 17.0. The molecular weight excluding hydrogens is 801 g/mol. The minimum absolute atomic E-state index is 0.575. The molecule has 9 aromatic carbocycles. The molecule has 0 radical (unpaired) electrons. The van der Waals surface area contributed by atoms with Crippen LogP contribution in [0.3, 0.4) is 0 Å². The van der Waals surface area contributed by atoms with E-state index < -0.39 is 5.41 Å². The Morgan fingerprint density at radius 3 is 1.42 bits per heavy atom. The van der Waals surface area contributed by atoms with Crippen molar-refractivity contribution in [2.75, 3.05) is 0 Å². The highest BCUT2D eigenvalue weighted by Crippen LogP contribution is 2.56. The molecule has 0 amide bonds. The van der Waals surface area contributed by atoms with Crippen LogP contribution < -0.4 is 0 Å². The highest BCUT2D eigenvalue weighted by molar-refractivity contribution is 6.10. The van der Waals surface area contributed by atoms with E-state index in [1.165, 1.54) is 71.9 Å². The molecule has 314 valence electrons. The van der Waals surface area contributed by atoms with Gasteiger partial charge in [0.15, 0.2) is 17.5 Å². The maximum atomic E-state index is 5.06. The summed E-state index contributed by atoms with van der Waals surface area (Å²) in [6.07, 6.45) is 1.09. The van der Waals surface area contributed by atoms with E-state index in [9.17, 15) is 0 Å². The smallest absolute Gasteiger partial charge is 0.164 e. The van der Waals surface area contributed by atoms with E-state index >= 15 is 0 Å². The van der Waals surface area contributed by atoms with E-state index in [-0.39, 0.29) is 0 Å². The van der Waals surface area contributed by atoms with Gasteiger partial charge in [0.05, 0.1) is 16.4 Å². The van der Waals surface area contributed by atoms with E-state index in [1.54, 1.807) is 0 Å². The Kier molecular flexibility index (Phi) is 9.61. The van der Waals surface area contributed by atoms with Crippen molar-refractivity contribution in [3.8, 4) is 62.1 Å². The van der Waals surface area contributed by atoms with Crippen LogP contribution in [-0.4, -0.2) is 19.5 Å². The fourth-order valence-electron chi connectivity index (χ4n) is 10.4. The zero-order valence-corrected chi connectivity index (χ0v) is 36.9. The summed E-state index contributed by atoms with van der Waals surface area (Å²) in [7, 11) is 0. The first-order chi connectivity index (χ1) is 32.5. The molecule has 11 aromatic rings. The fourth-order valence-corrected chi connectivity index (χ4v) is 10.4. The summed E-state index contributed by atoms with van der Waals surface area (Å²) in [5, 5.41) is 2.49. The number of rotatable bonds is 9. The van der Waals surface area contributed by atoms with Gasteiger partial charge in [0.2, 0.25) is 0 Å². The third kappa shape index (κ3) is 6.56. The Labute approximate surface area is 385 Å². The van der Waals surface area contributed by atoms with E-state index in [0.29, 0.717) is 23.4 Å². The average molecular weight is 847 g/mol. The largest absolute Gasteiger partial charge is 0.309 e. The summed E-state index contributed by atoms with van der Waals surface area (Å²) in [5.74, 6) is 2.56. The first-order valence-electron chi connectivity index (χ1n) is 22.9. The number of fused-ring (bicyclic) bond motifs is 6. The van der Waals surface area contributed by atoms with Gasteiger partial charge in [-0.2, -0.15) is 0 Å². The molecule has 0 unspecified atom stereocenters. The lowest BCUT2D eigenvalue weighted by Gasteiger charge is -2.34. The van der Waals surface area contributed by atoms with E-state index in [1.807, 2.05) is 60.7 Å². The molecule has 0 saturated heterocycles. The summed E-state index contributed by atoms with van der Waals surface area (Å²) in [6.45, 7) is 4.55. The van der Waals surface area contributed by atoms with Crippen molar-refractivity contribution in [3.05, 3.63) is 252 Å². The van der Waals surface area contributed by atoms with Gasteiger partial charge < -0.3 is 4.57 Å². The van der Waals surface area contributed by atoms with Gasteiger partial charge in [0.1, 0.15) is 0 Å². The summed E-state index contributed by atoms with van der Waals surface area (Å²) in [4.78, 5) is 15.1. The van der Waals surface area contributed by atoms with Gasteiger partial charge >= 0.3 is 0 Å². The fraction of sp³-hybridized carbons (Fsp3) is 0.0806. The van der Waals surface area contributed by atoms with Gasteiger partial charge in [-0.05, 0) is 92.7 Å². The Hall–Kier alpha value is -8.21. The minimum atomic E-state index is -0.575. The lowest BCUT2D eigenvalue weighted by Crippen LogP contribution is -2.28. The molecule has 2 aromatic heterocycles. The van der Waals surface area contributed by atoms with Crippen LogP contribution in [0.15, 0.2) is 224 Å². The van der Waals surface area contributed by atoms with Crippen LogP contribution in [-0.2, 0) is 11.8 Å². The van der Waals surface area contributed by atoms with Crippen molar-refractivity contribution in [2.24, 2.45) is 5.92 Å². The van der Waals surface area contributed by atoms with Gasteiger partial charge in [0, 0.05) is 33.2 Å². The van der Waals surface area contributed by atoms with Gasteiger partial charge in [-0.15, -0.1) is 0 Å². The predicted octanol–water partition coefficient (Wildman–Crippen LogP) is 15.2. The standard InChI is InChI=1S/C62H46N4/c1-41(2)39-42-25-27-43(28-26-42)47-31-38-58-54(40-47)53-21-11-14-24-57(53)66(58)50-36-34-49(35-37-50)62(55-22-12-9-19-51(55)52-20-10-13-23-56(52)62)48-32-29-46(30-33-48)61-64-59(44-15-5-3-6-16-44)63-60(65-61)45-17-7-4-8-18-45/h3-38,40-41H,39H2,1-2H3. The highest BCUT2D eigenvalue weighted by atomic mass is 15.0. The van der Waals surface area contributed by atoms with Crippen LogP contribution in [0, 0.1) is 5.92 Å². The van der Waals surface area contributed by atoms with Crippen molar-refractivity contribution in [2.45, 2.75) is 25.7 Å². The molecule has 0 saturated carbocycles. The molecule has 0 fully saturated rings. The van der Waals surface area contributed by atoms with E-state index in [2.05, 4.69) is 182 Å². The molecule has 66 heavy (non-hydrogen) atoms. The molecule has 4 heteroatoms. The van der Waals surface area contributed by atoms with Crippen LogP contribution >= 0.6 is 0 Å². The van der Waals surface area contributed by atoms with Crippen LogP contribution in [0.4, 0.5) is 0 Å². The molecule has 0 aliphatic heterocycles. The van der Waals surface area contributed by atoms with Gasteiger partial charge in [0.25, 0.3) is 0 Å². The summed E-state index contributed by atoms with van der Waals surface area (Å²) in [6, 6.07) is 81.2. The van der Waals surface area contributed by atoms with Crippen molar-refractivity contribution >= 4 is 21.8 Å². The first kappa shape index (κ1) is 39.4. The molecule has 1 aliphatic carbocycles. The first-order valence-corrected chi connectivity index (χ1v) is 22.9. The topological polar surface area (TPSA) is 43.6 Å². The molecule has 0 bridgehead atoms. The summed E-state index contributed by atoms with van der Waals surface area (Å²) >= 11 is 0. The van der Waals surface area contributed by atoms with Crippen molar-refractivity contribution in [1.29, 1.82) is 0 Å². The lowest BCUT2D eigenvalue weighted by atomic mass is 9.67. The lowest BCUT2D eigenvalue weighted by molar-refractivity contribution is 0.647. The Balaban J connectivity index is 0.982. The second kappa shape index (κ2) is 16.1. The predicted molar refractivity (Wildman–Crippen MR) is 272 cm³/mol. The van der Waals surface area contributed by atoms with E-state index in [4.69, 9.17) is 15.0 Å². The zero-order valence-electron chi connectivity index (χ0n) is 36.9. The average Bonchev–Trinajstić information content (AvgIpc) is 3.87. The van der Waals surface area contributed by atoms with Crippen molar-refractivity contribution < 1.29 is 0 Å². The molecular formula is C62H46N4. The van der Waals surface area contributed by atoms with Crippen LogP contribution in [0.2, 0.25) is 0 Å². The van der Waals surface area contributed by atoms with Gasteiger partial charge in [-0.1, -0.05) is 208 Å². The zero-order chi connectivity index (χ0) is 44.2. The monoisotopic (exact) mass is 846 g/mol. The maximum absolute atomic E-state index is 5.06. The number of benzene rings is 9. The number of aromatic nitrogens is 4. The third-order valence-electron chi connectivity index (χ3n) is 13.4. The van der Waals surface area contributed by atoms with Crippen LogP contribution in [0.5, 0.6) is 0 Å². The molecule has 1 aliphatic rings. The molecule has 0 atom stereocenters. The van der Waals surface area contributed by atoms with E-state index in [0.717, 1.165) is 28.8 Å². The molecule has 2 heterocycles. The Bertz CT molecular complexity index is 3450. The highest BCUT2D eigenvalue weighted by Gasteiger charge is 2.46. The molecule has 0 N–H and O–H groups in total. The number of para-hydroxylation sites is 1. The molecule has 12 rings (SSSR count). The number of nitrogens with zero attached hydrogens (tertiary/aromatic N) is 4. The summed E-state index contributed by atoms with van der Waals surface area (Å²) < 4.78 is 2.42. The number of hydrogen-bond acceptors (Lipinski definition) is 3. The maximum Gasteiger partial charge on any atom is 0.164 e.